The molecule has 0 N–H and O–H groups in total. The molecule has 9 nitrogen and oxygen atoms in total. The Labute approximate surface area is 172 Å². The molecule has 154 valence electrons. The van der Waals surface area contributed by atoms with Crippen molar-refractivity contribution in [3.05, 3.63) is 58.8 Å². The maximum Gasteiger partial charge on any atom is 0.266 e. The Morgan fingerprint density at radius 3 is 2.97 bits per heavy atom. The van der Waals surface area contributed by atoms with Gasteiger partial charge in [-0.15, -0.1) is 0 Å². The van der Waals surface area contributed by atoms with Crippen LogP contribution in [0.25, 0.3) is 11.3 Å². The Bertz CT molecular complexity index is 1120. The predicted molar refractivity (Wildman–Crippen MR) is 108 cm³/mol. The van der Waals surface area contributed by atoms with Gasteiger partial charge in [0, 0.05) is 43.5 Å². The van der Waals surface area contributed by atoms with E-state index in [-0.39, 0.29) is 17.5 Å². The third-order valence-corrected chi connectivity index (χ3v) is 5.62. The summed E-state index contributed by atoms with van der Waals surface area (Å²) in [5.74, 6) is 0.447. The Morgan fingerprint density at radius 2 is 2.10 bits per heavy atom. The van der Waals surface area contributed by atoms with Gasteiger partial charge in [-0.25, -0.2) is 9.36 Å². The van der Waals surface area contributed by atoms with Gasteiger partial charge in [-0.3, -0.25) is 14.6 Å². The van der Waals surface area contributed by atoms with Crippen LogP contribution in [0.15, 0.2) is 47.7 Å². The lowest BCUT2D eigenvalue weighted by Gasteiger charge is -2.25. The highest BCUT2D eigenvalue weighted by Gasteiger charge is 2.33. The van der Waals surface area contributed by atoms with Gasteiger partial charge < -0.3 is 9.64 Å². The molecule has 1 saturated heterocycles. The Hall–Kier alpha value is -3.49. The number of hydrogen-bond donors (Lipinski definition) is 0. The van der Waals surface area contributed by atoms with E-state index in [2.05, 4.69) is 15.2 Å². The molecule has 0 bridgehead atoms. The first-order valence-corrected chi connectivity index (χ1v) is 10.2. The van der Waals surface area contributed by atoms with E-state index >= 15 is 0 Å². The Balaban J connectivity index is 1.39. The average molecular weight is 406 g/mol. The van der Waals surface area contributed by atoms with Crippen LogP contribution in [0.5, 0.6) is 5.88 Å². The number of aromatic nitrogens is 5. The van der Waals surface area contributed by atoms with E-state index in [9.17, 15) is 9.59 Å². The van der Waals surface area contributed by atoms with Crippen molar-refractivity contribution in [2.75, 3.05) is 13.2 Å². The van der Waals surface area contributed by atoms with Gasteiger partial charge >= 0.3 is 0 Å². The first-order valence-electron chi connectivity index (χ1n) is 10.2. The van der Waals surface area contributed by atoms with E-state index in [4.69, 9.17) is 4.74 Å². The number of ether oxygens (including phenoxy) is 1. The van der Waals surface area contributed by atoms with Gasteiger partial charge in [0.1, 0.15) is 5.56 Å². The molecule has 0 spiro atoms. The largest absolute Gasteiger partial charge is 0.477 e. The lowest BCUT2D eigenvalue weighted by atomic mass is 10.2. The molecule has 3 aromatic rings. The summed E-state index contributed by atoms with van der Waals surface area (Å²) in [6, 6.07) is 6.84. The SMILES string of the molecule is O=C(c1cnn2c1OCCC2)N1CCCC1Cn1nc(-c2cccnc2)ccc1=O. The molecule has 30 heavy (non-hydrogen) atoms. The van der Waals surface area contributed by atoms with Crippen molar-refractivity contribution in [2.45, 2.75) is 38.4 Å². The number of fused-ring (bicyclic) bond motifs is 1. The number of carbonyl (C=O) groups is 1. The van der Waals surface area contributed by atoms with Crippen LogP contribution in [0.4, 0.5) is 0 Å². The number of pyridine rings is 1. The summed E-state index contributed by atoms with van der Waals surface area (Å²) in [6.45, 7) is 2.34. The molecule has 2 aliphatic rings. The van der Waals surface area contributed by atoms with Crippen molar-refractivity contribution >= 4 is 5.91 Å². The molecule has 9 heteroatoms. The zero-order valence-corrected chi connectivity index (χ0v) is 16.5. The first-order chi connectivity index (χ1) is 14.7. The highest BCUT2D eigenvalue weighted by Crippen LogP contribution is 2.27. The van der Waals surface area contributed by atoms with Gasteiger partial charge in [-0.1, -0.05) is 0 Å². The highest BCUT2D eigenvalue weighted by molar-refractivity contribution is 5.96. The lowest BCUT2D eigenvalue weighted by molar-refractivity contribution is 0.0713. The number of aryl methyl sites for hydroxylation is 1. The van der Waals surface area contributed by atoms with Crippen LogP contribution in [-0.4, -0.2) is 54.5 Å². The quantitative estimate of drug-likeness (QED) is 0.653. The Kier molecular flexibility index (Phi) is 4.78. The van der Waals surface area contributed by atoms with Crippen molar-refractivity contribution in [3.63, 3.8) is 0 Å². The zero-order valence-electron chi connectivity index (χ0n) is 16.5. The van der Waals surface area contributed by atoms with Gasteiger partial charge in [0.2, 0.25) is 5.88 Å². The molecule has 3 aromatic heterocycles. The van der Waals surface area contributed by atoms with Crippen molar-refractivity contribution in [1.29, 1.82) is 0 Å². The number of rotatable bonds is 4. The third-order valence-electron chi connectivity index (χ3n) is 5.62. The molecule has 1 unspecified atom stereocenters. The van der Waals surface area contributed by atoms with E-state index in [0.29, 0.717) is 36.8 Å². The number of amides is 1. The summed E-state index contributed by atoms with van der Waals surface area (Å²) < 4.78 is 8.88. The van der Waals surface area contributed by atoms with Gasteiger partial charge in [0.15, 0.2) is 0 Å². The second-order valence-corrected chi connectivity index (χ2v) is 7.56. The van der Waals surface area contributed by atoms with Crippen LogP contribution in [0.1, 0.15) is 29.6 Å². The summed E-state index contributed by atoms with van der Waals surface area (Å²) in [5, 5.41) is 8.81. The number of hydrogen-bond acceptors (Lipinski definition) is 6. The van der Waals surface area contributed by atoms with Crippen molar-refractivity contribution in [1.82, 2.24) is 29.4 Å². The zero-order chi connectivity index (χ0) is 20.5. The summed E-state index contributed by atoms with van der Waals surface area (Å²) >= 11 is 0. The fourth-order valence-corrected chi connectivity index (χ4v) is 4.11. The minimum atomic E-state index is -0.187. The number of nitrogens with zero attached hydrogens (tertiary/aromatic N) is 6. The van der Waals surface area contributed by atoms with Crippen LogP contribution in [0, 0.1) is 0 Å². The molecule has 1 atom stereocenters. The summed E-state index contributed by atoms with van der Waals surface area (Å²) in [7, 11) is 0. The second kappa shape index (κ2) is 7.74. The predicted octanol–water partition coefficient (Wildman–Crippen LogP) is 1.59. The maximum atomic E-state index is 13.2. The van der Waals surface area contributed by atoms with Crippen molar-refractivity contribution in [2.24, 2.45) is 0 Å². The van der Waals surface area contributed by atoms with Crippen molar-refractivity contribution < 1.29 is 9.53 Å². The van der Waals surface area contributed by atoms with E-state index < -0.39 is 0 Å². The second-order valence-electron chi connectivity index (χ2n) is 7.56. The van der Waals surface area contributed by atoms with E-state index in [1.165, 1.54) is 10.7 Å². The molecule has 5 rings (SSSR count). The average Bonchev–Trinajstić information content (AvgIpc) is 3.42. The standard InChI is InChI=1S/C21H22N6O3/c28-19-7-6-18(15-4-1-8-22-12-15)24-27(19)14-16-5-2-9-25(16)20(29)17-13-23-26-10-3-11-30-21(17)26/h1,4,6-8,12-13,16H,2-3,5,9-11,14H2. The first kappa shape index (κ1) is 18.5. The topological polar surface area (TPSA) is 95.1 Å². The van der Waals surface area contributed by atoms with E-state index in [1.807, 2.05) is 17.0 Å². The minimum Gasteiger partial charge on any atom is -0.477 e. The van der Waals surface area contributed by atoms with Gasteiger partial charge in [-0.05, 0) is 31.0 Å². The molecule has 1 fully saturated rings. The molecular weight excluding hydrogens is 384 g/mol. The fourth-order valence-electron chi connectivity index (χ4n) is 4.11. The van der Waals surface area contributed by atoms with E-state index in [1.54, 1.807) is 29.3 Å². The highest BCUT2D eigenvalue weighted by atomic mass is 16.5. The van der Waals surface area contributed by atoms with Crippen molar-refractivity contribution in [3.8, 4) is 17.1 Å². The number of likely N-dealkylation sites (tertiary alicyclic amines) is 1. The normalized spacial score (nSPS) is 18.1. The van der Waals surface area contributed by atoms with Crippen LogP contribution < -0.4 is 10.3 Å². The summed E-state index contributed by atoms with van der Waals surface area (Å²) in [5.41, 5.74) is 1.83. The van der Waals surface area contributed by atoms with E-state index in [0.717, 1.165) is 31.4 Å². The maximum absolute atomic E-state index is 13.2. The van der Waals surface area contributed by atoms with Gasteiger partial charge in [0.05, 0.1) is 31.1 Å². The molecule has 0 radical (unpaired) electrons. The summed E-state index contributed by atoms with van der Waals surface area (Å²) in [4.78, 5) is 31.6. The molecule has 0 aliphatic carbocycles. The molecule has 2 aliphatic heterocycles. The fraction of sp³-hybridized carbons (Fsp3) is 0.381. The van der Waals surface area contributed by atoms with Crippen LogP contribution >= 0.6 is 0 Å². The summed E-state index contributed by atoms with van der Waals surface area (Å²) in [6.07, 6.45) is 7.59. The van der Waals surface area contributed by atoms with Gasteiger partial charge in [-0.2, -0.15) is 10.2 Å². The number of carbonyl (C=O) groups excluding carboxylic acids is 1. The van der Waals surface area contributed by atoms with Crippen LogP contribution in [-0.2, 0) is 13.1 Å². The van der Waals surface area contributed by atoms with Gasteiger partial charge in [0.25, 0.3) is 11.5 Å². The molecule has 1 amide bonds. The molecule has 0 aromatic carbocycles. The Morgan fingerprint density at radius 1 is 1.17 bits per heavy atom. The monoisotopic (exact) mass is 406 g/mol. The molecular formula is C21H22N6O3. The third kappa shape index (κ3) is 3.36. The minimum absolute atomic E-state index is 0.0999. The molecule has 0 saturated carbocycles. The van der Waals surface area contributed by atoms with Crippen LogP contribution in [0.2, 0.25) is 0 Å². The smallest absolute Gasteiger partial charge is 0.266 e. The lowest BCUT2D eigenvalue weighted by Crippen LogP contribution is -2.40. The van der Waals surface area contributed by atoms with Crippen LogP contribution in [0.3, 0.4) is 0 Å². The molecule has 5 heterocycles.